The van der Waals surface area contributed by atoms with Crippen molar-refractivity contribution in [2.75, 3.05) is 0 Å². The molecule has 0 aliphatic heterocycles. The van der Waals surface area contributed by atoms with Crippen LogP contribution >= 0.6 is 0 Å². The molecule has 0 spiro atoms. The number of hydrogen-bond donors (Lipinski definition) is 1. The number of carbonyl (C=O) groups excluding carboxylic acids is 1. The van der Waals surface area contributed by atoms with E-state index in [0.29, 0.717) is 5.92 Å². The molecule has 4 rings (SSSR count). The second-order valence-electron chi connectivity index (χ2n) is 7.33. The standard InChI is InChI=1S/C23H25N3O/c27-23(21-9-7-18(8-10-21)17-26-16-4-15-24-26)25-22-13-11-20(12-14-22)19-5-2-1-3-6-19/h1-10,15-16,20,22H,11-14,17H2,(H,25,27). The Kier molecular flexibility index (Phi) is 5.33. The normalized spacial score (nSPS) is 19.6. The quantitative estimate of drug-likeness (QED) is 0.734. The van der Waals surface area contributed by atoms with Crippen molar-refractivity contribution >= 4 is 5.91 Å². The van der Waals surface area contributed by atoms with Gasteiger partial charge in [-0.05, 0) is 60.9 Å². The maximum absolute atomic E-state index is 12.6. The van der Waals surface area contributed by atoms with E-state index >= 15 is 0 Å². The summed E-state index contributed by atoms with van der Waals surface area (Å²) in [6, 6.07) is 20.7. The lowest BCUT2D eigenvalue weighted by Crippen LogP contribution is -2.37. The van der Waals surface area contributed by atoms with E-state index in [1.165, 1.54) is 5.56 Å². The molecule has 1 fully saturated rings. The van der Waals surface area contributed by atoms with Gasteiger partial charge in [0.15, 0.2) is 0 Å². The Balaban J connectivity index is 1.29. The first-order valence-corrected chi connectivity index (χ1v) is 9.70. The minimum absolute atomic E-state index is 0.0313. The van der Waals surface area contributed by atoms with Crippen LogP contribution in [0.3, 0.4) is 0 Å². The number of rotatable bonds is 5. The molecule has 1 N–H and O–H groups in total. The van der Waals surface area contributed by atoms with Crippen LogP contribution in [0.5, 0.6) is 0 Å². The summed E-state index contributed by atoms with van der Waals surface area (Å²) >= 11 is 0. The van der Waals surface area contributed by atoms with Crippen LogP contribution in [-0.4, -0.2) is 21.7 Å². The first-order chi connectivity index (χ1) is 13.3. The Morgan fingerprint density at radius 2 is 1.70 bits per heavy atom. The number of hydrogen-bond acceptors (Lipinski definition) is 2. The minimum Gasteiger partial charge on any atom is -0.349 e. The molecule has 0 atom stereocenters. The Bertz CT molecular complexity index is 848. The predicted octanol–water partition coefficient (Wildman–Crippen LogP) is 4.39. The number of nitrogens with one attached hydrogen (secondary N) is 1. The topological polar surface area (TPSA) is 46.9 Å². The fraction of sp³-hybridized carbons (Fsp3) is 0.304. The van der Waals surface area contributed by atoms with Crippen molar-refractivity contribution in [3.8, 4) is 0 Å². The number of aromatic nitrogens is 2. The summed E-state index contributed by atoms with van der Waals surface area (Å²) in [7, 11) is 0. The van der Waals surface area contributed by atoms with E-state index in [4.69, 9.17) is 0 Å². The molecule has 1 amide bonds. The molecule has 4 nitrogen and oxygen atoms in total. The van der Waals surface area contributed by atoms with Crippen LogP contribution in [0.4, 0.5) is 0 Å². The molecule has 1 aliphatic carbocycles. The number of benzene rings is 2. The van der Waals surface area contributed by atoms with Gasteiger partial charge in [0.2, 0.25) is 0 Å². The van der Waals surface area contributed by atoms with Gasteiger partial charge in [0.25, 0.3) is 5.91 Å². The lowest BCUT2D eigenvalue weighted by atomic mass is 9.82. The highest BCUT2D eigenvalue weighted by molar-refractivity contribution is 5.94. The monoisotopic (exact) mass is 359 g/mol. The molecule has 138 valence electrons. The van der Waals surface area contributed by atoms with Crippen molar-refractivity contribution in [1.82, 2.24) is 15.1 Å². The highest BCUT2D eigenvalue weighted by Crippen LogP contribution is 2.32. The molecule has 1 aliphatic rings. The van der Waals surface area contributed by atoms with Gasteiger partial charge in [-0.15, -0.1) is 0 Å². The lowest BCUT2D eigenvalue weighted by molar-refractivity contribution is 0.0926. The van der Waals surface area contributed by atoms with Gasteiger partial charge in [-0.1, -0.05) is 42.5 Å². The maximum Gasteiger partial charge on any atom is 0.251 e. The van der Waals surface area contributed by atoms with Crippen molar-refractivity contribution in [3.05, 3.63) is 89.7 Å². The van der Waals surface area contributed by atoms with Crippen LogP contribution in [0.25, 0.3) is 0 Å². The Labute approximate surface area is 160 Å². The fourth-order valence-electron chi connectivity index (χ4n) is 3.91. The largest absolute Gasteiger partial charge is 0.349 e. The molecule has 2 aromatic carbocycles. The third-order valence-corrected chi connectivity index (χ3v) is 5.45. The van der Waals surface area contributed by atoms with E-state index in [9.17, 15) is 4.79 Å². The maximum atomic E-state index is 12.6. The van der Waals surface area contributed by atoms with Gasteiger partial charge in [-0.25, -0.2) is 0 Å². The van der Waals surface area contributed by atoms with Gasteiger partial charge in [0.05, 0.1) is 6.54 Å². The molecule has 0 radical (unpaired) electrons. The summed E-state index contributed by atoms with van der Waals surface area (Å²) in [6.45, 7) is 0.721. The zero-order chi connectivity index (χ0) is 18.5. The Morgan fingerprint density at radius 1 is 0.963 bits per heavy atom. The first kappa shape index (κ1) is 17.5. The summed E-state index contributed by atoms with van der Waals surface area (Å²) in [6.07, 6.45) is 8.07. The molecule has 4 heteroatoms. The molecule has 0 saturated heterocycles. The lowest BCUT2D eigenvalue weighted by Gasteiger charge is -2.29. The van der Waals surface area contributed by atoms with Crippen LogP contribution in [-0.2, 0) is 6.54 Å². The Hall–Kier alpha value is -2.88. The zero-order valence-electron chi connectivity index (χ0n) is 15.4. The van der Waals surface area contributed by atoms with Gasteiger partial charge < -0.3 is 5.32 Å². The Morgan fingerprint density at radius 3 is 2.37 bits per heavy atom. The van der Waals surface area contributed by atoms with Crippen LogP contribution in [0, 0.1) is 0 Å². The van der Waals surface area contributed by atoms with E-state index in [1.54, 1.807) is 6.20 Å². The van der Waals surface area contributed by atoms with Crippen molar-refractivity contribution < 1.29 is 4.79 Å². The predicted molar refractivity (Wildman–Crippen MR) is 107 cm³/mol. The van der Waals surface area contributed by atoms with Crippen molar-refractivity contribution in [3.63, 3.8) is 0 Å². The van der Waals surface area contributed by atoms with Crippen LogP contribution in [0.1, 0.15) is 53.1 Å². The van der Waals surface area contributed by atoms with Gasteiger partial charge >= 0.3 is 0 Å². The summed E-state index contributed by atoms with van der Waals surface area (Å²) in [5.74, 6) is 0.657. The summed E-state index contributed by atoms with van der Waals surface area (Å²) in [4.78, 5) is 12.6. The smallest absolute Gasteiger partial charge is 0.251 e. The van der Waals surface area contributed by atoms with Crippen LogP contribution in [0.15, 0.2) is 73.1 Å². The van der Waals surface area contributed by atoms with Crippen molar-refractivity contribution in [2.45, 2.75) is 44.2 Å². The molecule has 1 saturated carbocycles. The average molecular weight is 359 g/mol. The summed E-state index contributed by atoms with van der Waals surface area (Å²) in [5.41, 5.74) is 3.29. The minimum atomic E-state index is 0.0313. The summed E-state index contributed by atoms with van der Waals surface area (Å²) < 4.78 is 1.88. The van der Waals surface area contributed by atoms with E-state index in [1.807, 2.05) is 41.2 Å². The van der Waals surface area contributed by atoms with Gasteiger partial charge in [0.1, 0.15) is 0 Å². The third-order valence-electron chi connectivity index (χ3n) is 5.45. The molecular weight excluding hydrogens is 334 g/mol. The van der Waals surface area contributed by atoms with Gasteiger partial charge in [0, 0.05) is 24.0 Å². The molecular formula is C23H25N3O. The highest BCUT2D eigenvalue weighted by Gasteiger charge is 2.23. The van der Waals surface area contributed by atoms with Crippen molar-refractivity contribution in [2.24, 2.45) is 0 Å². The fourth-order valence-corrected chi connectivity index (χ4v) is 3.91. The van der Waals surface area contributed by atoms with Gasteiger partial charge in [-0.2, -0.15) is 5.10 Å². The first-order valence-electron chi connectivity index (χ1n) is 9.70. The summed E-state index contributed by atoms with van der Waals surface area (Å²) in [5, 5.41) is 7.43. The van der Waals surface area contributed by atoms with Crippen molar-refractivity contribution in [1.29, 1.82) is 0 Å². The number of carbonyl (C=O) groups is 1. The van der Waals surface area contributed by atoms with Gasteiger partial charge in [-0.3, -0.25) is 9.48 Å². The molecule has 1 heterocycles. The molecule has 0 unspecified atom stereocenters. The molecule has 27 heavy (non-hydrogen) atoms. The zero-order valence-corrected chi connectivity index (χ0v) is 15.4. The molecule has 3 aromatic rings. The van der Waals surface area contributed by atoms with Crippen LogP contribution < -0.4 is 5.32 Å². The third kappa shape index (κ3) is 4.45. The number of amides is 1. The highest BCUT2D eigenvalue weighted by atomic mass is 16.1. The number of nitrogens with zero attached hydrogens (tertiary/aromatic N) is 2. The van der Waals surface area contributed by atoms with E-state index in [-0.39, 0.29) is 11.9 Å². The second kappa shape index (κ2) is 8.21. The van der Waals surface area contributed by atoms with E-state index < -0.39 is 0 Å². The molecule has 0 bridgehead atoms. The van der Waals surface area contributed by atoms with Crippen LogP contribution in [0.2, 0.25) is 0 Å². The van der Waals surface area contributed by atoms with E-state index in [2.05, 4.69) is 40.7 Å². The second-order valence-corrected chi connectivity index (χ2v) is 7.33. The SMILES string of the molecule is O=C(NC1CCC(c2ccccc2)CC1)c1ccc(Cn2cccn2)cc1. The molecule has 1 aromatic heterocycles. The average Bonchev–Trinajstić information content (AvgIpc) is 3.23. The van der Waals surface area contributed by atoms with E-state index in [0.717, 1.165) is 43.4 Å².